The minimum atomic E-state index is -4.27. The molecule has 100 valence electrons. The van der Waals surface area contributed by atoms with Crippen molar-refractivity contribution in [1.82, 2.24) is 5.48 Å². The first-order chi connectivity index (χ1) is 7.98. The van der Waals surface area contributed by atoms with Crippen molar-refractivity contribution in [3.63, 3.8) is 0 Å². The van der Waals surface area contributed by atoms with Gasteiger partial charge in [0.05, 0.1) is 6.10 Å². The standard InChI is InChI=1S/C11H18F3NO2/c1-2-16-9-6-8(10(9)4-3-5-10)15-17-7-11(12,13)14/h8-9,15H,2-7H2,1H3. The number of nitrogens with one attached hydrogen (secondary N) is 1. The third kappa shape index (κ3) is 2.58. The number of hydrogen-bond acceptors (Lipinski definition) is 3. The van der Waals surface area contributed by atoms with E-state index in [1.807, 2.05) is 6.92 Å². The van der Waals surface area contributed by atoms with E-state index in [9.17, 15) is 13.2 Å². The lowest BCUT2D eigenvalue weighted by Crippen LogP contribution is -2.66. The van der Waals surface area contributed by atoms with Crippen molar-refractivity contribution in [3.05, 3.63) is 0 Å². The van der Waals surface area contributed by atoms with E-state index in [0.717, 1.165) is 25.7 Å². The highest BCUT2D eigenvalue weighted by Crippen LogP contribution is 2.57. The summed E-state index contributed by atoms with van der Waals surface area (Å²) < 4.78 is 41.4. The molecule has 2 saturated carbocycles. The number of hydrogen-bond donors (Lipinski definition) is 1. The highest BCUT2D eigenvalue weighted by molar-refractivity contribution is 5.11. The summed E-state index contributed by atoms with van der Waals surface area (Å²) >= 11 is 0. The van der Waals surface area contributed by atoms with E-state index in [4.69, 9.17) is 4.74 Å². The van der Waals surface area contributed by atoms with Crippen LogP contribution in [0.2, 0.25) is 0 Å². The van der Waals surface area contributed by atoms with Gasteiger partial charge in [-0.05, 0) is 26.2 Å². The molecule has 0 saturated heterocycles. The van der Waals surface area contributed by atoms with Crippen LogP contribution in [0.25, 0.3) is 0 Å². The maximum Gasteiger partial charge on any atom is 0.413 e. The molecule has 2 aliphatic carbocycles. The summed E-state index contributed by atoms with van der Waals surface area (Å²) in [6.45, 7) is 1.36. The van der Waals surface area contributed by atoms with E-state index in [2.05, 4.69) is 10.3 Å². The average molecular weight is 253 g/mol. The molecule has 0 aliphatic heterocycles. The quantitative estimate of drug-likeness (QED) is 0.763. The van der Waals surface area contributed by atoms with Gasteiger partial charge in [0.1, 0.15) is 0 Å². The van der Waals surface area contributed by atoms with Crippen LogP contribution in [0.4, 0.5) is 13.2 Å². The van der Waals surface area contributed by atoms with Crippen molar-refractivity contribution in [3.8, 4) is 0 Å². The largest absolute Gasteiger partial charge is 0.413 e. The fourth-order valence-electron chi connectivity index (χ4n) is 2.83. The van der Waals surface area contributed by atoms with Crippen LogP contribution in [0.1, 0.15) is 32.6 Å². The second kappa shape index (κ2) is 4.74. The molecule has 2 rings (SSSR count). The fraction of sp³-hybridized carbons (Fsp3) is 1.00. The Morgan fingerprint density at radius 1 is 1.35 bits per heavy atom. The van der Waals surface area contributed by atoms with Crippen LogP contribution in [-0.2, 0) is 9.57 Å². The molecule has 0 aromatic rings. The van der Waals surface area contributed by atoms with Gasteiger partial charge in [-0.15, -0.1) is 0 Å². The van der Waals surface area contributed by atoms with E-state index in [-0.39, 0.29) is 17.6 Å². The van der Waals surface area contributed by atoms with Crippen molar-refractivity contribution in [2.75, 3.05) is 13.2 Å². The van der Waals surface area contributed by atoms with Crippen molar-refractivity contribution in [2.24, 2.45) is 5.41 Å². The molecule has 2 atom stereocenters. The zero-order chi connectivity index (χ0) is 12.5. The molecule has 3 nitrogen and oxygen atoms in total. The molecule has 2 unspecified atom stereocenters. The Hall–Kier alpha value is -0.330. The summed E-state index contributed by atoms with van der Waals surface area (Å²) in [6, 6.07) is 0.00940. The van der Waals surface area contributed by atoms with E-state index in [1.54, 1.807) is 0 Å². The molecule has 0 aromatic carbocycles. The SMILES string of the molecule is CCOC1CC(NOCC(F)(F)F)C12CCC2. The van der Waals surface area contributed by atoms with Gasteiger partial charge >= 0.3 is 6.18 Å². The molecule has 1 spiro atoms. The molecule has 0 radical (unpaired) electrons. The molecule has 0 heterocycles. The Morgan fingerprint density at radius 2 is 2.06 bits per heavy atom. The molecule has 6 heteroatoms. The Balaban J connectivity index is 1.76. The first-order valence-electron chi connectivity index (χ1n) is 6.03. The van der Waals surface area contributed by atoms with Crippen LogP contribution in [0.15, 0.2) is 0 Å². The van der Waals surface area contributed by atoms with Crippen LogP contribution in [0.3, 0.4) is 0 Å². The molecule has 0 amide bonds. The van der Waals surface area contributed by atoms with Gasteiger partial charge in [0, 0.05) is 18.1 Å². The Kier molecular flexibility index (Phi) is 3.66. The molecule has 2 aliphatic rings. The van der Waals surface area contributed by atoms with Crippen LogP contribution in [0.5, 0.6) is 0 Å². The molecule has 17 heavy (non-hydrogen) atoms. The minimum absolute atomic E-state index is 0.00940. The number of halogens is 3. The van der Waals surface area contributed by atoms with Crippen molar-refractivity contribution in [2.45, 2.75) is 50.9 Å². The van der Waals surface area contributed by atoms with Crippen LogP contribution >= 0.6 is 0 Å². The third-order valence-electron chi connectivity index (χ3n) is 3.90. The maximum absolute atomic E-state index is 11.9. The molecule has 0 bridgehead atoms. The first-order valence-corrected chi connectivity index (χ1v) is 6.03. The predicted octanol–water partition coefficient (Wildman–Crippen LogP) is 2.42. The number of ether oxygens (including phenoxy) is 1. The lowest BCUT2D eigenvalue weighted by atomic mass is 9.51. The Labute approximate surface area is 98.6 Å². The van der Waals surface area contributed by atoms with Crippen LogP contribution < -0.4 is 5.48 Å². The highest BCUT2D eigenvalue weighted by atomic mass is 19.4. The molecule has 1 N–H and O–H groups in total. The van der Waals surface area contributed by atoms with Gasteiger partial charge in [-0.2, -0.15) is 18.7 Å². The van der Waals surface area contributed by atoms with E-state index in [0.29, 0.717) is 6.61 Å². The van der Waals surface area contributed by atoms with E-state index in [1.165, 1.54) is 0 Å². The zero-order valence-electron chi connectivity index (χ0n) is 9.85. The maximum atomic E-state index is 11.9. The summed E-state index contributed by atoms with van der Waals surface area (Å²) in [5.74, 6) is 0. The van der Waals surface area contributed by atoms with Crippen molar-refractivity contribution in [1.29, 1.82) is 0 Å². The first kappa shape index (κ1) is 13.1. The average Bonchev–Trinajstić information content (AvgIpc) is 2.10. The molecular formula is C11H18F3NO2. The fourth-order valence-corrected chi connectivity index (χ4v) is 2.83. The van der Waals surface area contributed by atoms with E-state index < -0.39 is 12.8 Å². The Bertz CT molecular complexity index is 266. The Morgan fingerprint density at radius 3 is 2.53 bits per heavy atom. The van der Waals surface area contributed by atoms with Crippen LogP contribution in [-0.4, -0.2) is 31.5 Å². The molecule has 0 aromatic heterocycles. The molecule has 2 fully saturated rings. The third-order valence-corrected chi connectivity index (χ3v) is 3.90. The monoisotopic (exact) mass is 253 g/mol. The van der Waals surface area contributed by atoms with Gasteiger partial charge < -0.3 is 4.74 Å². The second-order valence-corrected chi connectivity index (χ2v) is 4.84. The second-order valence-electron chi connectivity index (χ2n) is 4.84. The van der Waals surface area contributed by atoms with Gasteiger partial charge in [-0.1, -0.05) is 6.42 Å². The number of alkyl halides is 3. The van der Waals surface area contributed by atoms with Gasteiger partial charge in [-0.3, -0.25) is 4.84 Å². The predicted molar refractivity (Wildman–Crippen MR) is 55.2 cm³/mol. The minimum Gasteiger partial charge on any atom is -0.378 e. The van der Waals surface area contributed by atoms with Gasteiger partial charge in [-0.25, -0.2) is 0 Å². The molecular weight excluding hydrogens is 235 g/mol. The smallest absolute Gasteiger partial charge is 0.378 e. The number of rotatable bonds is 5. The lowest BCUT2D eigenvalue weighted by Gasteiger charge is -2.60. The van der Waals surface area contributed by atoms with E-state index >= 15 is 0 Å². The summed E-state index contributed by atoms with van der Waals surface area (Å²) in [5, 5.41) is 0. The summed E-state index contributed by atoms with van der Waals surface area (Å²) in [7, 11) is 0. The zero-order valence-corrected chi connectivity index (χ0v) is 9.85. The van der Waals surface area contributed by atoms with Gasteiger partial charge in [0.2, 0.25) is 0 Å². The summed E-state index contributed by atoms with van der Waals surface area (Å²) in [6.07, 6.45) is -0.182. The lowest BCUT2D eigenvalue weighted by molar-refractivity contribution is -0.234. The topological polar surface area (TPSA) is 30.5 Å². The summed E-state index contributed by atoms with van der Waals surface area (Å²) in [4.78, 5) is 4.53. The normalized spacial score (nSPS) is 31.1. The number of hydroxylamine groups is 1. The highest BCUT2D eigenvalue weighted by Gasteiger charge is 2.59. The van der Waals surface area contributed by atoms with Crippen LogP contribution in [0, 0.1) is 5.41 Å². The van der Waals surface area contributed by atoms with Gasteiger partial charge in [0.15, 0.2) is 6.61 Å². The van der Waals surface area contributed by atoms with Gasteiger partial charge in [0.25, 0.3) is 0 Å². The van der Waals surface area contributed by atoms with Crippen molar-refractivity contribution >= 4 is 0 Å². The van der Waals surface area contributed by atoms with Crippen molar-refractivity contribution < 1.29 is 22.7 Å². The summed E-state index contributed by atoms with van der Waals surface area (Å²) in [5.41, 5.74) is 2.59.